The van der Waals surface area contributed by atoms with Crippen molar-refractivity contribution in [3.05, 3.63) is 45.6 Å². The van der Waals surface area contributed by atoms with E-state index in [2.05, 4.69) is 5.10 Å². The Hall–Kier alpha value is -1.52. The number of carbonyl (C=O) groups is 1. The number of nitrogens with zero attached hydrogens (tertiary/aromatic N) is 2. The average Bonchev–Trinajstić information content (AvgIpc) is 2.72. The molecule has 0 N–H and O–H groups in total. The van der Waals surface area contributed by atoms with E-state index in [4.69, 9.17) is 27.9 Å². The van der Waals surface area contributed by atoms with Crippen LogP contribution >= 0.6 is 23.2 Å². The lowest BCUT2D eigenvalue weighted by Crippen LogP contribution is -2.13. The molecule has 1 heterocycles. The van der Waals surface area contributed by atoms with Crippen molar-refractivity contribution in [3.8, 4) is 5.88 Å². The molecule has 2 rings (SSSR count). The summed E-state index contributed by atoms with van der Waals surface area (Å²) in [6.07, 6.45) is 0. The zero-order chi connectivity index (χ0) is 14.9. The molecule has 0 fully saturated rings. The smallest absolute Gasteiger partial charge is 0.309 e. The first kappa shape index (κ1) is 14.9. The van der Waals surface area contributed by atoms with E-state index in [-0.39, 0.29) is 12.0 Å². The van der Waals surface area contributed by atoms with Gasteiger partial charge >= 0.3 is 5.97 Å². The molecule has 0 bridgehead atoms. The number of benzene rings is 1. The van der Waals surface area contributed by atoms with Crippen molar-refractivity contribution in [2.24, 2.45) is 0 Å². The van der Waals surface area contributed by atoms with Gasteiger partial charge in [-0.05, 0) is 31.5 Å². The molecule has 4 nitrogen and oxygen atoms in total. The van der Waals surface area contributed by atoms with Crippen LogP contribution in [0.25, 0.3) is 0 Å². The van der Waals surface area contributed by atoms with Crippen LogP contribution in [0.3, 0.4) is 0 Å². The van der Waals surface area contributed by atoms with Gasteiger partial charge in [-0.1, -0.05) is 29.3 Å². The molecule has 0 radical (unpaired) electrons. The molecule has 20 heavy (non-hydrogen) atoms. The highest BCUT2D eigenvalue weighted by molar-refractivity contribution is 6.42. The highest BCUT2D eigenvalue weighted by Gasteiger charge is 2.17. The average molecular weight is 313 g/mol. The van der Waals surface area contributed by atoms with Crippen molar-refractivity contribution in [2.45, 2.75) is 26.8 Å². The van der Waals surface area contributed by atoms with Crippen LogP contribution in [0.4, 0.5) is 0 Å². The van der Waals surface area contributed by atoms with Crippen molar-refractivity contribution in [2.75, 3.05) is 0 Å². The zero-order valence-corrected chi connectivity index (χ0v) is 12.9. The summed E-state index contributed by atoms with van der Waals surface area (Å²) in [4.78, 5) is 11.1. The fraction of sp³-hybridized carbons (Fsp3) is 0.286. The number of carbonyl (C=O) groups excluding carboxylic acids is 1. The van der Waals surface area contributed by atoms with Crippen molar-refractivity contribution < 1.29 is 9.53 Å². The summed E-state index contributed by atoms with van der Waals surface area (Å²) in [6.45, 7) is 5.14. The van der Waals surface area contributed by atoms with Crippen molar-refractivity contribution in [1.82, 2.24) is 9.78 Å². The monoisotopic (exact) mass is 312 g/mol. The maximum atomic E-state index is 11.1. The SMILES string of the molecule is CC(=O)Oc1cc(C)nn1C(C)c1ccc(Cl)c(Cl)c1. The Balaban J connectivity index is 2.39. The first-order valence-corrected chi connectivity index (χ1v) is 6.83. The topological polar surface area (TPSA) is 44.1 Å². The first-order chi connectivity index (χ1) is 9.38. The van der Waals surface area contributed by atoms with Gasteiger partial charge in [-0.3, -0.25) is 4.79 Å². The van der Waals surface area contributed by atoms with Gasteiger partial charge in [-0.25, -0.2) is 4.68 Å². The molecule has 0 saturated heterocycles. The minimum Gasteiger partial charge on any atom is -0.408 e. The highest BCUT2D eigenvalue weighted by Crippen LogP contribution is 2.29. The number of aromatic nitrogens is 2. The molecule has 1 aromatic carbocycles. The van der Waals surface area contributed by atoms with E-state index in [1.54, 1.807) is 22.9 Å². The number of rotatable bonds is 3. The normalized spacial score (nSPS) is 12.2. The van der Waals surface area contributed by atoms with E-state index in [0.717, 1.165) is 11.3 Å². The van der Waals surface area contributed by atoms with E-state index >= 15 is 0 Å². The largest absolute Gasteiger partial charge is 0.408 e. The predicted octanol–water partition coefficient (Wildman–Crippen LogP) is 4.03. The third-order valence-corrected chi connectivity index (χ3v) is 3.60. The Morgan fingerprint density at radius 2 is 2.00 bits per heavy atom. The molecular formula is C14H14Cl2N2O2. The van der Waals surface area contributed by atoms with Gasteiger partial charge in [0.05, 0.1) is 21.8 Å². The second kappa shape index (κ2) is 5.85. The van der Waals surface area contributed by atoms with Crippen LogP contribution in [0.5, 0.6) is 5.88 Å². The van der Waals surface area contributed by atoms with Crippen LogP contribution in [-0.2, 0) is 4.79 Å². The lowest BCUT2D eigenvalue weighted by molar-refractivity contribution is -0.132. The summed E-state index contributed by atoms with van der Waals surface area (Å²) >= 11 is 11.9. The minimum atomic E-state index is -0.382. The van der Waals surface area contributed by atoms with E-state index in [1.165, 1.54) is 6.92 Å². The summed E-state index contributed by atoms with van der Waals surface area (Å²) in [6, 6.07) is 6.97. The molecule has 0 saturated carbocycles. The fourth-order valence-corrected chi connectivity index (χ4v) is 2.21. The van der Waals surface area contributed by atoms with E-state index < -0.39 is 0 Å². The first-order valence-electron chi connectivity index (χ1n) is 6.08. The van der Waals surface area contributed by atoms with Gasteiger partial charge in [0.1, 0.15) is 0 Å². The molecule has 0 spiro atoms. The Morgan fingerprint density at radius 1 is 1.30 bits per heavy atom. The summed E-state index contributed by atoms with van der Waals surface area (Å²) in [5.41, 5.74) is 1.70. The van der Waals surface area contributed by atoms with E-state index in [9.17, 15) is 4.79 Å². The molecule has 0 aliphatic rings. The van der Waals surface area contributed by atoms with Gasteiger partial charge in [-0.15, -0.1) is 0 Å². The Labute approximate surface area is 127 Å². The molecule has 1 atom stereocenters. The zero-order valence-electron chi connectivity index (χ0n) is 11.4. The quantitative estimate of drug-likeness (QED) is 0.804. The Kier molecular flexibility index (Phi) is 4.35. The number of halogens is 2. The van der Waals surface area contributed by atoms with Crippen LogP contribution in [0.15, 0.2) is 24.3 Å². The molecule has 2 aromatic rings. The van der Waals surface area contributed by atoms with Gasteiger partial charge in [0.15, 0.2) is 0 Å². The maximum Gasteiger partial charge on any atom is 0.309 e. The van der Waals surface area contributed by atoms with Crippen molar-refractivity contribution >= 4 is 29.2 Å². The number of hydrogen-bond acceptors (Lipinski definition) is 3. The second-order valence-electron chi connectivity index (χ2n) is 4.51. The number of ether oxygens (including phenoxy) is 1. The minimum absolute atomic E-state index is 0.132. The lowest BCUT2D eigenvalue weighted by Gasteiger charge is -2.16. The highest BCUT2D eigenvalue weighted by atomic mass is 35.5. The molecular weight excluding hydrogens is 299 g/mol. The van der Waals surface area contributed by atoms with Crippen LogP contribution in [0, 0.1) is 6.92 Å². The molecule has 6 heteroatoms. The summed E-state index contributed by atoms with van der Waals surface area (Å²) in [5.74, 6) is 0.0288. The lowest BCUT2D eigenvalue weighted by atomic mass is 10.1. The number of esters is 1. The number of aryl methyl sites for hydroxylation is 1. The maximum absolute atomic E-state index is 11.1. The van der Waals surface area contributed by atoms with E-state index in [0.29, 0.717) is 15.9 Å². The molecule has 106 valence electrons. The van der Waals surface area contributed by atoms with Gasteiger partial charge in [-0.2, -0.15) is 5.10 Å². The van der Waals surface area contributed by atoms with E-state index in [1.807, 2.05) is 19.9 Å². The van der Waals surface area contributed by atoms with Crippen molar-refractivity contribution in [3.63, 3.8) is 0 Å². The van der Waals surface area contributed by atoms with Gasteiger partial charge in [0.25, 0.3) is 0 Å². The van der Waals surface area contributed by atoms with Crippen LogP contribution in [0.2, 0.25) is 10.0 Å². The summed E-state index contributed by atoms with van der Waals surface area (Å²) in [5, 5.41) is 5.34. The van der Waals surface area contributed by atoms with Gasteiger partial charge in [0, 0.05) is 13.0 Å². The molecule has 1 unspecified atom stereocenters. The standard InChI is InChI=1S/C14H14Cl2N2O2/c1-8-6-14(20-10(3)19)18(17-8)9(2)11-4-5-12(15)13(16)7-11/h4-7,9H,1-3H3. The predicted molar refractivity (Wildman–Crippen MR) is 78.5 cm³/mol. The Bertz CT molecular complexity index is 653. The van der Waals surface area contributed by atoms with Crippen LogP contribution in [-0.4, -0.2) is 15.7 Å². The molecule has 0 amide bonds. The Morgan fingerprint density at radius 3 is 2.60 bits per heavy atom. The second-order valence-corrected chi connectivity index (χ2v) is 5.33. The molecule has 0 aliphatic carbocycles. The third kappa shape index (κ3) is 3.14. The molecule has 1 aromatic heterocycles. The van der Waals surface area contributed by atoms with Gasteiger partial charge < -0.3 is 4.74 Å². The van der Waals surface area contributed by atoms with Gasteiger partial charge in [0.2, 0.25) is 5.88 Å². The summed E-state index contributed by atoms with van der Waals surface area (Å²) in [7, 11) is 0. The van der Waals surface area contributed by atoms with Crippen LogP contribution in [0.1, 0.15) is 31.1 Å². The molecule has 0 aliphatic heterocycles. The summed E-state index contributed by atoms with van der Waals surface area (Å²) < 4.78 is 6.81. The fourth-order valence-electron chi connectivity index (χ4n) is 1.91. The van der Waals surface area contributed by atoms with Crippen LogP contribution < -0.4 is 4.74 Å². The third-order valence-electron chi connectivity index (χ3n) is 2.86. The number of hydrogen-bond donors (Lipinski definition) is 0. The van der Waals surface area contributed by atoms with Crippen molar-refractivity contribution in [1.29, 1.82) is 0 Å².